The highest BCUT2D eigenvalue weighted by molar-refractivity contribution is 8.00. The van der Waals surface area contributed by atoms with Crippen LogP contribution in [-0.4, -0.2) is 28.0 Å². The molecule has 1 heterocycles. The minimum atomic E-state index is 0.00275. The Morgan fingerprint density at radius 1 is 0.938 bits per heavy atom. The Bertz CT molecular complexity index is 984. The molecular weight excluding hydrogens is 416 g/mol. The normalized spacial score (nSPS) is 33.0. The summed E-state index contributed by atoms with van der Waals surface area (Å²) in [6.45, 7) is 0.617. The lowest BCUT2D eigenvalue weighted by Gasteiger charge is -2.56. The average Bonchev–Trinajstić information content (AvgIpc) is 3.13. The van der Waals surface area contributed by atoms with Gasteiger partial charge in [-0.15, -0.1) is 11.8 Å². The van der Waals surface area contributed by atoms with Gasteiger partial charge in [-0.3, -0.25) is 9.59 Å². The molecule has 4 bridgehead atoms. The van der Waals surface area contributed by atoms with Gasteiger partial charge in [-0.05, 0) is 79.5 Å². The predicted molar refractivity (Wildman–Crippen MR) is 127 cm³/mol. The Balaban J connectivity index is 1.15. The molecule has 1 aliphatic heterocycles. The predicted octanol–water partition coefficient (Wildman–Crippen LogP) is 5.16. The smallest absolute Gasteiger partial charge is 0.251 e. The molecule has 2 aromatic rings. The number of nitrogens with one attached hydrogen (secondary N) is 1. The lowest BCUT2D eigenvalue weighted by Crippen LogP contribution is -2.59. The summed E-state index contributed by atoms with van der Waals surface area (Å²) in [6, 6.07) is 18.1. The SMILES string of the molecule is O=C(NC12CC3CC(CC(C3)C1)C2)c1ccc([C@H]2SCC(=O)N2Cc2ccccc2)cc1. The van der Waals surface area contributed by atoms with Crippen LogP contribution in [0.4, 0.5) is 0 Å². The van der Waals surface area contributed by atoms with E-state index in [0.29, 0.717) is 12.3 Å². The summed E-state index contributed by atoms with van der Waals surface area (Å²) in [5.41, 5.74) is 2.99. The van der Waals surface area contributed by atoms with Gasteiger partial charge in [0.1, 0.15) is 5.37 Å². The van der Waals surface area contributed by atoms with E-state index in [1.54, 1.807) is 11.8 Å². The quantitative estimate of drug-likeness (QED) is 0.690. The summed E-state index contributed by atoms with van der Waals surface area (Å²) in [4.78, 5) is 27.6. The van der Waals surface area contributed by atoms with E-state index in [4.69, 9.17) is 0 Å². The fraction of sp³-hybridized carbons (Fsp3) is 0.481. The number of rotatable bonds is 5. The second kappa shape index (κ2) is 7.95. The lowest BCUT2D eigenvalue weighted by molar-refractivity contribution is -0.128. The average molecular weight is 447 g/mol. The highest BCUT2D eigenvalue weighted by atomic mass is 32.2. The van der Waals surface area contributed by atoms with E-state index >= 15 is 0 Å². The molecule has 4 saturated carbocycles. The number of amides is 2. The van der Waals surface area contributed by atoms with Crippen LogP contribution in [-0.2, 0) is 11.3 Å². The first-order chi connectivity index (χ1) is 15.6. The minimum absolute atomic E-state index is 0.00275. The van der Waals surface area contributed by atoms with E-state index in [2.05, 4.69) is 17.4 Å². The van der Waals surface area contributed by atoms with Gasteiger partial charge in [-0.2, -0.15) is 0 Å². The molecule has 1 atom stereocenters. The summed E-state index contributed by atoms with van der Waals surface area (Å²) in [6.07, 6.45) is 7.62. The molecular formula is C27H30N2O2S. The van der Waals surface area contributed by atoms with Crippen LogP contribution in [0.3, 0.4) is 0 Å². The zero-order valence-electron chi connectivity index (χ0n) is 18.3. The van der Waals surface area contributed by atoms with Crippen molar-refractivity contribution in [3.8, 4) is 0 Å². The number of thioether (sulfide) groups is 1. The van der Waals surface area contributed by atoms with Gasteiger partial charge in [-0.25, -0.2) is 0 Å². The molecule has 0 aromatic heterocycles. The number of hydrogen-bond donors (Lipinski definition) is 1. The van der Waals surface area contributed by atoms with E-state index in [9.17, 15) is 9.59 Å². The Morgan fingerprint density at radius 2 is 1.56 bits per heavy atom. The molecule has 166 valence electrons. The molecule has 4 nitrogen and oxygen atoms in total. The highest BCUT2D eigenvalue weighted by Gasteiger charge is 2.51. The van der Waals surface area contributed by atoms with Crippen LogP contribution in [0.1, 0.15) is 65.4 Å². The van der Waals surface area contributed by atoms with Crippen molar-refractivity contribution in [1.82, 2.24) is 10.2 Å². The Morgan fingerprint density at radius 3 is 2.19 bits per heavy atom. The molecule has 5 aliphatic rings. The van der Waals surface area contributed by atoms with Gasteiger partial charge in [0.15, 0.2) is 0 Å². The molecule has 0 radical (unpaired) electrons. The van der Waals surface area contributed by atoms with Gasteiger partial charge in [-0.1, -0.05) is 42.5 Å². The molecule has 1 saturated heterocycles. The molecule has 2 aromatic carbocycles. The maximum absolute atomic E-state index is 13.1. The van der Waals surface area contributed by atoms with Crippen molar-refractivity contribution in [2.75, 3.05) is 5.75 Å². The first-order valence-corrected chi connectivity index (χ1v) is 13.0. The Labute approximate surface area is 194 Å². The minimum Gasteiger partial charge on any atom is -0.347 e. The topological polar surface area (TPSA) is 49.4 Å². The van der Waals surface area contributed by atoms with Crippen molar-refractivity contribution in [3.05, 3.63) is 71.3 Å². The van der Waals surface area contributed by atoms with E-state index in [1.165, 1.54) is 38.5 Å². The van der Waals surface area contributed by atoms with Gasteiger partial charge >= 0.3 is 0 Å². The number of carbonyl (C=O) groups is 2. The van der Waals surface area contributed by atoms with Crippen molar-refractivity contribution in [3.63, 3.8) is 0 Å². The molecule has 7 rings (SSSR count). The number of hydrogen-bond acceptors (Lipinski definition) is 3. The summed E-state index contributed by atoms with van der Waals surface area (Å²) >= 11 is 1.67. The number of carbonyl (C=O) groups excluding carboxylic acids is 2. The molecule has 0 unspecified atom stereocenters. The zero-order chi connectivity index (χ0) is 21.7. The zero-order valence-corrected chi connectivity index (χ0v) is 19.2. The van der Waals surface area contributed by atoms with Crippen LogP contribution in [0.15, 0.2) is 54.6 Å². The van der Waals surface area contributed by atoms with Gasteiger partial charge in [0.25, 0.3) is 5.91 Å². The van der Waals surface area contributed by atoms with Gasteiger partial charge in [0.05, 0.1) is 5.75 Å². The van der Waals surface area contributed by atoms with Crippen molar-refractivity contribution in [1.29, 1.82) is 0 Å². The number of nitrogens with zero attached hydrogens (tertiary/aromatic N) is 1. The van der Waals surface area contributed by atoms with Crippen LogP contribution >= 0.6 is 11.8 Å². The summed E-state index contributed by atoms with van der Waals surface area (Å²) in [5, 5.41) is 3.47. The standard InChI is InChI=1S/C27H30N2O2S/c30-24-17-32-26(29(24)16-18-4-2-1-3-5-18)23-8-6-22(7-9-23)25(31)28-27-13-19-10-20(14-27)12-21(11-19)15-27/h1-9,19-21,26H,10-17H2,(H,28,31)/t19?,20?,21?,26-,27?/m1/s1. The van der Waals surface area contributed by atoms with E-state index in [0.717, 1.165) is 34.4 Å². The van der Waals surface area contributed by atoms with Crippen LogP contribution < -0.4 is 5.32 Å². The summed E-state index contributed by atoms with van der Waals surface area (Å²) in [5.74, 6) is 3.19. The maximum atomic E-state index is 13.1. The monoisotopic (exact) mass is 446 g/mol. The van der Waals surface area contributed by atoms with Crippen LogP contribution in [0.2, 0.25) is 0 Å². The molecule has 1 N–H and O–H groups in total. The molecule has 4 aliphatic carbocycles. The van der Waals surface area contributed by atoms with Crippen molar-refractivity contribution in [2.24, 2.45) is 17.8 Å². The second-order valence-corrected chi connectivity index (χ2v) is 11.5. The second-order valence-electron chi connectivity index (χ2n) is 10.4. The summed E-state index contributed by atoms with van der Waals surface area (Å²) in [7, 11) is 0. The van der Waals surface area contributed by atoms with Crippen molar-refractivity contribution >= 4 is 23.6 Å². The lowest BCUT2D eigenvalue weighted by atomic mass is 9.53. The Kier molecular flexibility index (Phi) is 5.05. The third kappa shape index (κ3) is 3.75. The van der Waals surface area contributed by atoms with Crippen LogP contribution in [0.25, 0.3) is 0 Å². The van der Waals surface area contributed by atoms with Gasteiger partial charge < -0.3 is 10.2 Å². The van der Waals surface area contributed by atoms with E-state index in [1.807, 2.05) is 47.4 Å². The first-order valence-electron chi connectivity index (χ1n) is 11.9. The number of benzene rings is 2. The summed E-state index contributed by atoms with van der Waals surface area (Å²) < 4.78 is 0. The largest absolute Gasteiger partial charge is 0.347 e. The molecule has 2 amide bonds. The van der Waals surface area contributed by atoms with Crippen molar-refractivity contribution in [2.45, 2.75) is 56.0 Å². The van der Waals surface area contributed by atoms with Gasteiger partial charge in [0.2, 0.25) is 5.91 Å². The molecule has 32 heavy (non-hydrogen) atoms. The Hall–Kier alpha value is -2.27. The molecule has 5 fully saturated rings. The fourth-order valence-corrected chi connectivity index (χ4v) is 8.25. The first kappa shape index (κ1) is 20.3. The van der Waals surface area contributed by atoms with E-state index in [-0.39, 0.29) is 22.7 Å². The third-order valence-corrected chi connectivity index (χ3v) is 9.29. The van der Waals surface area contributed by atoms with Crippen molar-refractivity contribution < 1.29 is 9.59 Å². The highest BCUT2D eigenvalue weighted by Crippen LogP contribution is 2.55. The fourth-order valence-electron chi connectivity index (χ4n) is 7.06. The van der Waals surface area contributed by atoms with Gasteiger partial charge in [0, 0.05) is 17.6 Å². The van der Waals surface area contributed by atoms with E-state index < -0.39 is 0 Å². The molecule has 0 spiro atoms. The maximum Gasteiger partial charge on any atom is 0.251 e. The van der Waals surface area contributed by atoms with Crippen LogP contribution in [0, 0.1) is 17.8 Å². The van der Waals surface area contributed by atoms with Crippen LogP contribution in [0.5, 0.6) is 0 Å². The molecule has 5 heteroatoms. The third-order valence-electron chi connectivity index (χ3n) is 8.04.